The van der Waals surface area contributed by atoms with Gasteiger partial charge in [-0.3, -0.25) is 4.79 Å². The molecule has 1 fully saturated rings. The fraction of sp³-hybridized carbons (Fsp3) is 0.833. The van der Waals surface area contributed by atoms with Crippen LogP contribution in [0.5, 0.6) is 0 Å². The number of hydrogen-bond donors (Lipinski definition) is 3. The van der Waals surface area contributed by atoms with Gasteiger partial charge in [-0.1, -0.05) is 0 Å². The van der Waals surface area contributed by atoms with E-state index < -0.39 is 12.0 Å². The van der Waals surface area contributed by atoms with Crippen LogP contribution in [0.25, 0.3) is 0 Å². The van der Waals surface area contributed by atoms with E-state index in [0.717, 1.165) is 25.9 Å². The lowest BCUT2D eigenvalue weighted by atomic mass is 10.0. The van der Waals surface area contributed by atoms with Gasteiger partial charge in [0, 0.05) is 25.7 Å². The maximum absolute atomic E-state index is 11.8. The molecule has 1 aliphatic heterocycles. The van der Waals surface area contributed by atoms with Crippen molar-refractivity contribution in [1.82, 2.24) is 15.1 Å². The molecule has 7 heteroatoms. The van der Waals surface area contributed by atoms with E-state index in [9.17, 15) is 9.59 Å². The van der Waals surface area contributed by atoms with E-state index in [1.807, 2.05) is 14.1 Å². The summed E-state index contributed by atoms with van der Waals surface area (Å²) in [5.41, 5.74) is 5.36. The van der Waals surface area contributed by atoms with Crippen molar-refractivity contribution < 1.29 is 14.7 Å². The number of carboxylic acids is 1. The van der Waals surface area contributed by atoms with Crippen LogP contribution in [0, 0.1) is 0 Å². The second-order valence-electron chi connectivity index (χ2n) is 5.15. The zero-order chi connectivity index (χ0) is 14.4. The van der Waals surface area contributed by atoms with Gasteiger partial charge in [-0.25, -0.2) is 4.79 Å². The molecule has 1 atom stereocenters. The van der Waals surface area contributed by atoms with Gasteiger partial charge in [0.05, 0.1) is 0 Å². The van der Waals surface area contributed by atoms with Crippen LogP contribution in [0.1, 0.15) is 19.3 Å². The zero-order valence-electron chi connectivity index (χ0n) is 11.6. The van der Waals surface area contributed by atoms with Crippen LogP contribution >= 0.6 is 0 Å². The third-order valence-electron chi connectivity index (χ3n) is 3.53. The lowest BCUT2D eigenvalue weighted by molar-refractivity contribution is -0.138. The number of nitrogens with zero attached hydrogens (tertiary/aromatic N) is 2. The number of amides is 2. The first kappa shape index (κ1) is 15.7. The van der Waals surface area contributed by atoms with Gasteiger partial charge >= 0.3 is 12.0 Å². The van der Waals surface area contributed by atoms with E-state index in [0.29, 0.717) is 12.6 Å². The van der Waals surface area contributed by atoms with E-state index in [2.05, 4.69) is 10.2 Å². The lowest BCUT2D eigenvalue weighted by Gasteiger charge is -2.35. The highest BCUT2D eigenvalue weighted by molar-refractivity contribution is 5.75. The summed E-state index contributed by atoms with van der Waals surface area (Å²) in [6, 6.07) is -0.515. The van der Waals surface area contributed by atoms with Gasteiger partial charge in [-0.15, -0.1) is 0 Å². The molecule has 7 nitrogen and oxygen atoms in total. The number of nitrogens with two attached hydrogens (primary N) is 1. The summed E-state index contributed by atoms with van der Waals surface area (Å²) < 4.78 is 0. The minimum Gasteiger partial charge on any atom is -0.480 e. The SMILES string of the molecule is CN(C)C1CCN(C(=O)NCC[C@H](N)C(=O)O)CC1. The normalized spacial score (nSPS) is 18.4. The number of rotatable bonds is 5. The molecule has 0 unspecified atom stereocenters. The standard InChI is InChI=1S/C12H24N4O3/c1-15(2)9-4-7-16(8-5-9)12(19)14-6-3-10(13)11(17)18/h9-10H,3-8,13H2,1-2H3,(H,14,19)(H,17,18)/t10-/m0/s1. The fourth-order valence-electron chi connectivity index (χ4n) is 2.16. The first-order valence-electron chi connectivity index (χ1n) is 6.59. The lowest BCUT2D eigenvalue weighted by Crippen LogP contribution is -2.48. The molecule has 0 aromatic carbocycles. The number of carbonyl (C=O) groups excluding carboxylic acids is 1. The van der Waals surface area contributed by atoms with E-state index in [1.54, 1.807) is 4.90 Å². The first-order valence-corrected chi connectivity index (χ1v) is 6.59. The Hall–Kier alpha value is -1.34. The van der Waals surface area contributed by atoms with Crippen molar-refractivity contribution in [2.24, 2.45) is 5.73 Å². The number of hydrogen-bond acceptors (Lipinski definition) is 4. The number of likely N-dealkylation sites (tertiary alicyclic amines) is 1. The molecule has 0 saturated carbocycles. The van der Waals surface area contributed by atoms with Crippen LogP contribution in [-0.4, -0.2) is 72.7 Å². The molecule has 0 aromatic heterocycles. The Kier molecular flexibility index (Phi) is 6.04. The average molecular weight is 272 g/mol. The van der Waals surface area contributed by atoms with E-state index >= 15 is 0 Å². The predicted molar refractivity (Wildman–Crippen MR) is 71.9 cm³/mol. The second-order valence-corrected chi connectivity index (χ2v) is 5.15. The monoisotopic (exact) mass is 272 g/mol. The fourth-order valence-corrected chi connectivity index (χ4v) is 2.16. The van der Waals surface area contributed by atoms with E-state index in [4.69, 9.17) is 10.8 Å². The van der Waals surface area contributed by atoms with Gasteiger partial charge in [-0.2, -0.15) is 0 Å². The third-order valence-corrected chi connectivity index (χ3v) is 3.53. The number of urea groups is 1. The van der Waals surface area contributed by atoms with Gasteiger partial charge in [0.2, 0.25) is 0 Å². The first-order chi connectivity index (χ1) is 8.91. The van der Waals surface area contributed by atoms with Crippen LogP contribution in [-0.2, 0) is 4.79 Å². The quantitative estimate of drug-likeness (QED) is 0.628. The Bertz CT molecular complexity index is 314. The van der Waals surface area contributed by atoms with Crippen molar-refractivity contribution in [3.63, 3.8) is 0 Å². The number of carbonyl (C=O) groups is 2. The van der Waals surface area contributed by atoms with Gasteiger partial charge in [0.25, 0.3) is 0 Å². The second kappa shape index (κ2) is 7.30. The summed E-state index contributed by atoms with van der Waals surface area (Å²) in [6.45, 7) is 1.76. The Labute approximate surface area is 113 Å². The Balaban J connectivity index is 2.23. The number of piperidine rings is 1. The topological polar surface area (TPSA) is 98.9 Å². The molecule has 0 spiro atoms. The van der Waals surface area contributed by atoms with Gasteiger partial charge < -0.3 is 26.0 Å². The minimum atomic E-state index is -1.04. The molecule has 1 heterocycles. The predicted octanol–water partition coefficient (Wildman–Crippen LogP) is -0.476. The highest BCUT2D eigenvalue weighted by Crippen LogP contribution is 2.13. The smallest absolute Gasteiger partial charge is 0.320 e. The van der Waals surface area contributed by atoms with Crippen molar-refractivity contribution in [2.75, 3.05) is 33.7 Å². The number of carboxylic acid groups (broad SMARTS) is 1. The molecule has 2 amide bonds. The number of aliphatic carboxylic acids is 1. The molecular weight excluding hydrogens is 248 g/mol. The Morgan fingerprint density at radius 2 is 2.00 bits per heavy atom. The van der Waals surface area contributed by atoms with Crippen molar-refractivity contribution >= 4 is 12.0 Å². The molecular formula is C12H24N4O3. The molecule has 1 saturated heterocycles. The van der Waals surface area contributed by atoms with E-state index in [1.165, 1.54) is 0 Å². The summed E-state index contributed by atoms with van der Waals surface area (Å²) in [5.74, 6) is -1.04. The van der Waals surface area contributed by atoms with Crippen molar-refractivity contribution in [2.45, 2.75) is 31.3 Å². The highest BCUT2D eigenvalue weighted by atomic mass is 16.4. The van der Waals surface area contributed by atoms with Crippen molar-refractivity contribution in [3.05, 3.63) is 0 Å². The van der Waals surface area contributed by atoms with Crippen LogP contribution in [0.15, 0.2) is 0 Å². The van der Waals surface area contributed by atoms with E-state index in [-0.39, 0.29) is 12.5 Å². The van der Waals surface area contributed by atoms with Gasteiger partial charge in [0.15, 0.2) is 0 Å². The van der Waals surface area contributed by atoms with Crippen molar-refractivity contribution in [3.8, 4) is 0 Å². The zero-order valence-corrected chi connectivity index (χ0v) is 11.6. The average Bonchev–Trinajstić information content (AvgIpc) is 2.38. The van der Waals surface area contributed by atoms with Crippen LogP contribution < -0.4 is 11.1 Å². The summed E-state index contributed by atoms with van der Waals surface area (Å²) in [4.78, 5) is 26.3. The molecule has 1 rings (SSSR count). The minimum absolute atomic E-state index is 0.130. The molecule has 110 valence electrons. The van der Waals surface area contributed by atoms with Gasteiger partial charge in [-0.05, 0) is 33.4 Å². The molecule has 0 aromatic rings. The molecule has 4 N–H and O–H groups in total. The Morgan fingerprint density at radius 3 is 2.47 bits per heavy atom. The van der Waals surface area contributed by atoms with Crippen LogP contribution in [0.3, 0.4) is 0 Å². The maximum atomic E-state index is 11.8. The maximum Gasteiger partial charge on any atom is 0.320 e. The summed E-state index contributed by atoms with van der Waals surface area (Å²) in [5, 5.41) is 11.3. The molecule has 0 bridgehead atoms. The van der Waals surface area contributed by atoms with Crippen LogP contribution in [0.4, 0.5) is 4.79 Å². The van der Waals surface area contributed by atoms with Gasteiger partial charge in [0.1, 0.15) is 6.04 Å². The summed E-state index contributed by atoms with van der Waals surface area (Å²) in [6.07, 6.45) is 2.18. The number of nitrogens with one attached hydrogen (secondary N) is 1. The molecule has 0 radical (unpaired) electrons. The summed E-state index contributed by atoms with van der Waals surface area (Å²) in [7, 11) is 4.10. The van der Waals surface area contributed by atoms with Crippen molar-refractivity contribution in [1.29, 1.82) is 0 Å². The molecule has 1 aliphatic rings. The van der Waals surface area contributed by atoms with Crippen LogP contribution in [0.2, 0.25) is 0 Å². The molecule has 19 heavy (non-hydrogen) atoms. The molecule has 0 aliphatic carbocycles. The highest BCUT2D eigenvalue weighted by Gasteiger charge is 2.23. The summed E-state index contributed by atoms with van der Waals surface area (Å²) >= 11 is 0. The Morgan fingerprint density at radius 1 is 1.42 bits per heavy atom. The largest absolute Gasteiger partial charge is 0.480 e. The third kappa shape index (κ3) is 5.04.